The molecule has 1 nitrogen and oxygen atoms in total. The van der Waals surface area contributed by atoms with Crippen LogP contribution in [0.25, 0.3) is 0 Å². The maximum absolute atomic E-state index is 8.37. The Morgan fingerprint density at radius 3 is 2.60 bits per heavy atom. The van der Waals surface area contributed by atoms with E-state index in [1.54, 1.807) is 0 Å². The van der Waals surface area contributed by atoms with E-state index in [0.717, 1.165) is 24.3 Å². The van der Waals surface area contributed by atoms with Gasteiger partial charge in [-0.05, 0) is 48.1 Å². The van der Waals surface area contributed by atoms with E-state index in [1.165, 1.54) is 22.2 Å². The summed E-state index contributed by atoms with van der Waals surface area (Å²) in [6, 6.07) is 8.74. The van der Waals surface area contributed by atoms with Crippen molar-refractivity contribution in [1.82, 2.24) is 0 Å². The smallest absolute Gasteiger partial charge is 0.133 e. The SMILES string of the molecule is CCSc1ccc(CCCSC#N)cc1. The zero-order valence-corrected chi connectivity index (χ0v) is 10.5. The van der Waals surface area contributed by atoms with Crippen LogP contribution in [0.5, 0.6) is 0 Å². The van der Waals surface area contributed by atoms with E-state index in [1.807, 2.05) is 11.8 Å². The molecule has 1 aromatic rings. The van der Waals surface area contributed by atoms with Gasteiger partial charge in [0, 0.05) is 10.6 Å². The minimum Gasteiger partial charge on any atom is -0.185 e. The van der Waals surface area contributed by atoms with Crippen LogP contribution in [-0.4, -0.2) is 11.5 Å². The fraction of sp³-hybridized carbons (Fsp3) is 0.417. The maximum Gasteiger partial charge on any atom is 0.133 e. The van der Waals surface area contributed by atoms with Crippen molar-refractivity contribution in [1.29, 1.82) is 5.26 Å². The first-order valence-electron chi connectivity index (χ1n) is 5.09. The standard InChI is InChI=1S/C12H15NS2/c1-2-15-12-7-5-11(6-8-12)4-3-9-14-10-13/h5-8H,2-4,9H2,1H3. The van der Waals surface area contributed by atoms with Crippen LogP contribution in [0.2, 0.25) is 0 Å². The molecule has 0 aliphatic carbocycles. The molecule has 80 valence electrons. The summed E-state index contributed by atoms with van der Waals surface area (Å²) in [5.41, 5.74) is 1.37. The Labute approximate surface area is 100 Å². The lowest BCUT2D eigenvalue weighted by molar-refractivity contribution is 0.933. The summed E-state index contributed by atoms with van der Waals surface area (Å²) < 4.78 is 0. The highest BCUT2D eigenvalue weighted by Crippen LogP contribution is 2.18. The van der Waals surface area contributed by atoms with Gasteiger partial charge in [-0.1, -0.05) is 19.1 Å². The monoisotopic (exact) mass is 237 g/mol. The molecule has 0 aliphatic rings. The van der Waals surface area contributed by atoms with Gasteiger partial charge in [0.15, 0.2) is 0 Å². The number of nitrogens with zero attached hydrogens (tertiary/aromatic N) is 1. The van der Waals surface area contributed by atoms with Crippen molar-refractivity contribution in [2.75, 3.05) is 11.5 Å². The molecule has 0 spiro atoms. The average molecular weight is 237 g/mol. The Kier molecular flexibility index (Phi) is 6.38. The summed E-state index contributed by atoms with van der Waals surface area (Å²) in [7, 11) is 0. The van der Waals surface area contributed by atoms with Crippen molar-refractivity contribution in [2.24, 2.45) is 0 Å². The second kappa shape index (κ2) is 7.67. The lowest BCUT2D eigenvalue weighted by atomic mass is 10.1. The van der Waals surface area contributed by atoms with Crippen LogP contribution >= 0.6 is 23.5 Å². The molecule has 0 heterocycles. The van der Waals surface area contributed by atoms with Crippen molar-refractivity contribution in [2.45, 2.75) is 24.7 Å². The van der Waals surface area contributed by atoms with Gasteiger partial charge in [0.25, 0.3) is 0 Å². The van der Waals surface area contributed by atoms with Crippen LogP contribution in [0, 0.1) is 10.7 Å². The van der Waals surface area contributed by atoms with E-state index in [0.29, 0.717) is 0 Å². The highest BCUT2D eigenvalue weighted by Gasteiger charge is 1.95. The number of benzene rings is 1. The lowest BCUT2D eigenvalue weighted by Gasteiger charge is -2.02. The zero-order valence-electron chi connectivity index (χ0n) is 8.90. The van der Waals surface area contributed by atoms with Gasteiger partial charge in [0.1, 0.15) is 5.40 Å². The Balaban J connectivity index is 2.33. The predicted molar refractivity (Wildman–Crippen MR) is 69.2 cm³/mol. The van der Waals surface area contributed by atoms with Gasteiger partial charge < -0.3 is 0 Å². The summed E-state index contributed by atoms with van der Waals surface area (Å²) in [4.78, 5) is 1.34. The van der Waals surface area contributed by atoms with Gasteiger partial charge in [-0.15, -0.1) is 11.8 Å². The molecular weight excluding hydrogens is 222 g/mol. The van der Waals surface area contributed by atoms with Crippen molar-refractivity contribution in [3.8, 4) is 5.40 Å². The van der Waals surface area contributed by atoms with Crippen molar-refractivity contribution >= 4 is 23.5 Å². The molecular formula is C12H15NS2. The normalized spacial score (nSPS) is 9.87. The number of hydrogen-bond acceptors (Lipinski definition) is 3. The molecule has 1 rings (SSSR count). The Morgan fingerprint density at radius 1 is 1.27 bits per heavy atom. The van der Waals surface area contributed by atoms with Crippen LogP contribution in [0.3, 0.4) is 0 Å². The number of nitriles is 1. The average Bonchev–Trinajstić information content (AvgIpc) is 2.27. The first-order chi connectivity index (χ1) is 7.36. The molecule has 0 radical (unpaired) electrons. The van der Waals surface area contributed by atoms with E-state index in [9.17, 15) is 0 Å². The fourth-order valence-electron chi connectivity index (χ4n) is 1.31. The van der Waals surface area contributed by atoms with Gasteiger partial charge in [0.05, 0.1) is 0 Å². The lowest BCUT2D eigenvalue weighted by Crippen LogP contribution is -1.87. The Morgan fingerprint density at radius 2 is 2.00 bits per heavy atom. The van der Waals surface area contributed by atoms with Crippen LogP contribution < -0.4 is 0 Å². The van der Waals surface area contributed by atoms with Crippen LogP contribution in [0.1, 0.15) is 18.9 Å². The van der Waals surface area contributed by atoms with E-state index in [-0.39, 0.29) is 0 Å². The quantitative estimate of drug-likeness (QED) is 0.425. The van der Waals surface area contributed by atoms with E-state index >= 15 is 0 Å². The number of thioether (sulfide) groups is 2. The topological polar surface area (TPSA) is 23.8 Å². The minimum atomic E-state index is 0.933. The van der Waals surface area contributed by atoms with Crippen LogP contribution in [-0.2, 0) is 6.42 Å². The Bertz CT molecular complexity index is 313. The molecule has 0 unspecified atom stereocenters. The number of rotatable bonds is 6. The van der Waals surface area contributed by atoms with Crippen LogP contribution in [0.15, 0.2) is 29.2 Å². The van der Waals surface area contributed by atoms with Gasteiger partial charge in [-0.25, -0.2) is 0 Å². The highest BCUT2D eigenvalue weighted by molar-refractivity contribution is 8.03. The largest absolute Gasteiger partial charge is 0.185 e. The van der Waals surface area contributed by atoms with Gasteiger partial charge in [-0.3, -0.25) is 0 Å². The first-order valence-corrected chi connectivity index (χ1v) is 7.06. The molecule has 1 aromatic carbocycles. The minimum absolute atomic E-state index is 0.933. The van der Waals surface area contributed by atoms with Gasteiger partial charge in [-0.2, -0.15) is 5.26 Å². The maximum atomic E-state index is 8.37. The molecule has 0 atom stereocenters. The Hall–Kier alpha value is -0.590. The third kappa shape index (κ3) is 5.15. The fourth-order valence-corrected chi connectivity index (χ4v) is 2.35. The van der Waals surface area contributed by atoms with Crippen molar-refractivity contribution < 1.29 is 0 Å². The summed E-state index contributed by atoms with van der Waals surface area (Å²) in [5, 5.41) is 10.5. The van der Waals surface area contributed by atoms with E-state index in [4.69, 9.17) is 5.26 Å². The molecule has 3 heteroatoms. The molecule has 0 N–H and O–H groups in total. The molecule has 0 aliphatic heterocycles. The van der Waals surface area contributed by atoms with Crippen LogP contribution in [0.4, 0.5) is 0 Å². The predicted octanol–water partition coefficient (Wildman–Crippen LogP) is 3.95. The second-order valence-corrected chi connectivity index (χ2v) is 5.34. The number of hydrogen-bond donors (Lipinski definition) is 0. The molecule has 0 amide bonds. The van der Waals surface area contributed by atoms with Gasteiger partial charge >= 0.3 is 0 Å². The summed E-state index contributed by atoms with van der Waals surface area (Å²) in [6.07, 6.45) is 2.16. The molecule has 0 saturated carbocycles. The summed E-state index contributed by atoms with van der Waals surface area (Å²) in [5.74, 6) is 2.06. The van der Waals surface area contributed by atoms with Crippen molar-refractivity contribution in [3.05, 3.63) is 29.8 Å². The van der Waals surface area contributed by atoms with Crippen molar-refractivity contribution in [3.63, 3.8) is 0 Å². The molecule has 0 fully saturated rings. The first kappa shape index (κ1) is 12.5. The van der Waals surface area contributed by atoms with E-state index in [2.05, 4.69) is 36.6 Å². The molecule has 0 aromatic heterocycles. The number of aryl methyl sites for hydroxylation is 1. The third-order valence-corrected chi connectivity index (χ3v) is 3.53. The van der Waals surface area contributed by atoms with Gasteiger partial charge in [0.2, 0.25) is 0 Å². The number of thiocyanates is 1. The summed E-state index contributed by atoms with van der Waals surface area (Å²) in [6.45, 7) is 2.16. The molecule has 15 heavy (non-hydrogen) atoms. The zero-order chi connectivity index (χ0) is 10.9. The second-order valence-electron chi connectivity index (χ2n) is 3.12. The molecule has 0 bridgehead atoms. The molecule has 0 saturated heterocycles. The highest BCUT2D eigenvalue weighted by atomic mass is 32.2. The third-order valence-electron chi connectivity index (χ3n) is 2.01. The van der Waals surface area contributed by atoms with E-state index < -0.39 is 0 Å². The summed E-state index contributed by atoms with van der Waals surface area (Å²) >= 11 is 3.21.